The minimum atomic E-state index is -4.04. The summed E-state index contributed by atoms with van der Waals surface area (Å²) in [6.45, 7) is 0.537. The number of hydrogen-bond donors (Lipinski definition) is 2. The van der Waals surface area contributed by atoms with Crippen LogP contribution in [0.4, 0.5) is 4.79 Å². The lowest BCUT2D eigenvalue weighted by Gasteiger charge is -2.30. The molecule has 0 unspecified atom stereocenters. The fraction of sp³-hybridized carbons (Fsp3) is 0.387. The monoisotopic (exact) mass is 596 g/mol. The first-order valence-electron chi connectivity index (χ1n) is 13.9. The van der Waals surface area contributed by atoms with E-state index >= 15 is 0 Å². The van der Waals surface area contributed by atoms with Gasteiger partial charge in [-0.1, -0.05) is 60.7 Å². The van der Waals surface area contributed by atoms with Crippen molar-refractivity contribution in [1.82, 2.24) is 9.62 Å². The fourth-order valence-corrected chi connectivity index (χ4v) is 6.74. The van der Waals surface area contributed by atoms with Crippen LogP contribution in [0.25, 0.3) is 0 Å². The number of sulfonamides is 1. The van der Waals surface area contributed by atoms with E-state index in [4.69, 9.17) is 18.9 Å². The second kappa shape index (κ2) is 13.7. The predicted octanol–water partition coefficient (Wildman–Crippen LogP) is 3.35. The molecule has 5 rings (SSSR count). The van der Waals surface area contributed by atoms with E-state index in [2.05, 4.69) is 5.32 Å². The van der Waals surface area contributed by atoms with E-state index in [1.165, 1.54) is 23.5 Å². The third kappa shape index (κ3) is 7.29. The van der Waals surface area contributed by atoms with Crippen LogP contribution in [-0.2, 0) is 37.2 Å². The summed E-state index contributed by atoms with van der Waals surface area (Å²) in [7, 11) is -2.53. The van der Waals surface area contributed by atoms with Gasteiger partial charge in [-0.05, 0) is 48.2 Å². The van der Waals surface area contributed by atoms with Gasteiger partial charge in [-0.3, -0.25) is 0 Å². The Bertz CT molecular complexity index is 1410. The van der Waals surface area contributed by atoms with Crippen LogP contribution >= 0.6 is 0 Å². The van der Waals surface area contributed by atoms with Crippen molar-refractivity contribution >= 4 is 16.1 Å². The maximum atomic E-state index is 13.8. The first-order valence-corrected chi connectivity index (χ1v) is 15.4. The number of hydrogen-bond acceptors (Lipinski definition) is 8. The molecule has 5 atom stereocenters. The Morgan fingerprint density at radius 1 is 1.00 bits per heavy atom. The van der Waals surface area contributed by atoms with E-state index in [1.807, 2.05) is 60.7 Å². The summed E-state index contributed by atoms with van der Waals surface area (Å²) in [5.41, 5.74) is 1.62. The van der Waals surface area contributed by atoms with Crippen LogP contribution in [0.5, 0.6) is 5.75 Å². The van der Waals surface area contributed by atoms with Gasteiger partial charge in [-0.2, -0.15) is 4.31 Å². The summed E-state index contributed by atoms with van der Waals surface area (Å²) in [5.74, 6) is 0.488. The molecule has 0 radical (unpaired) electrons. The van der Waals surface area contributed by atoms with E-state index in [1.54, 1.807) is 12.1 Å². The van der Waals surface area contributed by atoms with Crippen LogP contribution in [0, 0.1) is 5.92 Å². The Kier molecular flexibility index (Phi) is 9.76. The quantitative estimate of drug-likeness (QED) is 0.326. The standard InChI is InChI=1S/C31H36N2O8S/c1-38-24-12-14-25(15-13-24)42(36,37)33(19-23-10-6-3-7-11-23)20-28(34)27(18-22-8-4-2-5-9-22)32-31(35)41-29-21-40-30-26(29)16-17-39-30/h2-15,26-30,34H,16-21H2,1H3,(H,32,35)/t26-,27-,28+,29-,30+/m0/s1. The predicted molar refractivity (Wildman–Crippen MR) is 154 cm³/mol. The molecule has 42 heavy (non-hydrogen) atoms. The number of alkyl carbamates (subject to hydrolysis) is 1. The lowest BCUT2D eigenvalue weighted by atomic mass is 10.0. The maximum Gasteiger partial charge on any atom is 0.407 e. The van der Waals surface area contributed by atoms with Gasteiger partial charge in [-0.25, -0.2) is 13.2 Å². The molecule has 0 saturated carbocycles. The lowest BCUT2D eigenvalue weighted by Crippen LogP contribution is -2.51. The summed E-state index contributed by atoms with van der Waals surface area (Å²) in [6, 6.07) is 23.8. The second-order valence-electron chi connectivity index (χ2n) is 10.4. The largest absolute Gasteiger partial charge is 0.497 e. The number of aliphatic hydroxyl groups is 1. The molecule has 0 aliphatic carbocycles. The van der Waals surface area contributed by atoms with Crippen molar-refractivity contribution < 1.29 is 37.3 Å². The first-order chi connectivity index (χ1) is 20.3. The minimum absolute atomic E-state index is 0.0250. The van der Waals surface area contributed by atoms with Gasteiger partial charge in [0.05, 0.1) is 43.3 Å². The molecule has 11 heteroatoms. The zero-order chi connectivity index (χ0) is 29.5. The Balaban J connectivity index is 1.36. The summed E-state index contributed by atoms with van der Waals surface area (Å²) in [4.78, 5) is 13.1. The smallest absolute Gasteiger partial charge is 0.407 e. The molecular formula is C31H36N2O8S. The molecule has 10 nitrogen and oxygen atoms in total. The van der Waals surface area contributed by atoms with Crippen molar-refractivity contribution in [3.63, 3.8) is 0 Å². The highest BCUT2D eigenvalue weighted by atomic mass is 32.2. The number of methoxy groups -OCH3 is 1. The zero-order valence-electron chi connectivity index (χ0n) is 23.4. The molecule has 3 aromatic carbocycles. The van der Waals surface area contributed by atoms with Gasteiger partial charge in [0.2, 0.25) is 10.0 Å². The third-order valence-corrected chi connectivity index (χ3v) is 9.43. The Morgan fingerprint density at radius 2 is 1.67 bits per heavy atom. The van der Waals surface area contributed by atoms with Crippen LogP contribution in [-0.4, -0.2) is 75.3 Å². The van der Waals surface area contributed by atoms with Crippen molar-refractivity contribution in [3.05, 3.63) is 96.1 Å². The van der Waals surface area contributed by atoms with Crippen molar-refractivity contribution in [2.24, 2.45) is 5.92 Å². The van der Waals surface area contributed by atoms with Crippen LogP contribution in [0.2, 0.25) is 0 Å². The number of rotatable bonds is 12. The Hall–Kier alpha value is -3.48. The number of benzene rings is 3. The van der Waals surface area contributed by atoms with Gasteiger partial charge in [0, 0.05) is 13.1 Å². The number of aliphatic hydroxyl groups excluding tert-OH is 1. The van der Waals surface area contributed by atoms with Gasteiger partial charge >= 0.3 is 6.09 Å². The fourth-order valence-electron chi connectivity index (χ4n) is 5.29. The van der Waals surface area contributed by atoms with E-state index in [-0.39, 0.29) is 43.2 Å². The van der Waals surface area contributed by atoms with Gasteiger partial charge in [-0.15, -0.1) is 0 Å². The molecule has 3 aromatic rings. The summed E-state index contributed by atoms with van der Waals surface area (Å²) < 4.78 is 50.9. The average molecular weight is 597 g/mol. The van der Waals surface area contributed by atoms with Crippen molar-refractivity contribution in [2.45, 2.75) is 48.8 Å². The highest BCUT2D eigenvalue weighted by molar-refractivity contribution is 7.89. The number of nitrogens with zero attached hydrogens (tertiary/aromatic N) is 1. The third-order valence-electron chi connectivity index (χ3n) is 7.60. The number of fused-ring (bicyclic) bond motifs is 1. The van der Waals surface area contributed by atoms with Crippen LogP contribution in [0.1, 0.15) is 17.5 Å². The van der Waals surface area contributed by atoms with Crippen molar-refractivity contribution in [2.75, 3.05) is 26.9 Å². The van der Waals surface area contributed by atoms with E-state index < -0.39 is 34.4 Å². The Labute approximate surface area is 246 Å². The molecule has 1 amide bonds. The molecule has 0 aromatic heterocycles. The summed E-state index contributed by atoms with van der Waals surface area (Å²) in [6.07, 6.45) is -1.81. The number of amides is 1. The van der Waals surface area contributed by atoms with E-state index in [0.29, 0.717) is 12.4 Å². The molecule has 2 N–H and O–H groups in total. The van der Waals surface area contributed by atoms with Crippen LogP contribution in [0.3, 0.4) is 0 Å². The van der Waals surface area contributed by atoms with Crippen LogP contribution in [0.15, 0.2) is 89.8 Å². The molecule has 2 saturated heterocycles. The number of carbonyl (C=O) groups is 1. The first kappa shape index (κ1) is 30.0. The second-order valence-corrected chi connectivity index (χ2v) is 12.4. The molecule has 2 aliphatic heterocycles. The SMILES string of the molecule is COc1ccc(S(=O)(=O)N(Cc2ccccc2)C[C@@H](O)[C@H](Cc2ccccc2)NC(=O)O[C@H]2CO[C@H]3OCC[C@H]32)cc1. The average Bonchev–Trinajstić information content (AvgIpc) is 3.63. The van der Waals surface area contributed by atoms with Gasteiger partial charge in [0.25, 0.3) is 0 Å². The van der Waals surface area contributed by atoms with Gasteiger partial charge in [0.1, 0.15) is 11.9 Å². The van der Waals surface area contributed by atoms with Crippen molar-refractivity contribution in [3.8, 4) is 5.75 Å². The molecule has 0 spiro atoms. The molecule has 224 valence electrons. The van der Waals surface area contributed by atoms with Gasteiger partial charge < -0.3 is 29.4 Å². The number of carbonyl (C=O) groups excluding carboxylic acids is 1. The lowest BCUT2D eigenvalue weighted by molar-refractivity contribution is -0.0907. The van der Waals surface area contributed by atoms with E-state index in [0.717, 1.165) is 17.5 Å². The highest BCUT2D eigenvalue weighted by Crippen LogP contribution is 2.33. The minimum Gasteiger partial charge on any atom is -0.497 e. The molecule has 2 fully saturated rings. The number of ether oxygens (including phenoxy) is 4. The summed E-state index contributed by atoms with van der Waals surface area (Å²) in [5, 5.41) is 14.3. The van der Waals surface area contributed by atoms with Crippen LogP contribution < -0.4 is 10.1 Å². The zero-order valence-corrected chi connectivity index (χ0v) is 24.2. The van der Waals surface area contributed by atoms with Gasteiger partial charge in [0.15, 0.2) is 6.29 Å². The summed E-state index contributed by atoms with van der Waals surface area (Å²) >= 11 is 0. The maximum absolute atomic E-state index is 13.8. The normalized spacial score (nSPS) is 21.5. The molecule has 0 bridgehead atoms. The Morgan fingerprint density at radius 3 is 2.33 bits per heavy atom. The topological polar surface area (TPSA) is 124 Å². The van der Waals surface area contributed by atoms with Crippen molar-refractivity contribution in [1.29, 1.82) is 0 Å². The molecular weight excluding hydrogens is 560 g/mol. The number of nitrogens with one attached hydrogen (secondary N) is 1. The molecule has 2 aliphatic rings. The molecule has 2 heterocycles. The highest BCUT2D eigenvalue weighted by Gasteiger charge is 2.44. The van der Waals surface area contributed by atoms with E-state index in [9.17, 15) is 18.3 Å².